The minimum atomic E-state index is -4.76. The smallest absolute Gasteiger partial charge is 0.406 e. The van der Waals surface area contributed by atoms with Crippen LogP contribution in [0.2, 0.25) is 0 Å². The number of halogens is 4. The van der Waals surface area contributed by atoms with Crippen molar-refractivity contribution in [2.75, 3.05) is 0 Å². The van der Waals surface area contributed by atoms with E-state index < -0.39 is 12.4 Å². The summed E-state index contributed by atoms with van der Waals surface area (Å²) in [5.41, 5.74) is 4.93. The Labute approximate surface area is 272 Å². The number of carbonyl (C=O) groups excluding carboxylic acids is 1. The summed E-state index contributed by atoms with van der Waals surface area (Å²) in [6.45, 7) is 5.94. The average molecular weight is 665 g/mol. The highest BCUT2D eigenvalue weighted by Crippen LogP contribution is 2.35. The summed E-state index contributed by atoms with van der Waals surface area (Å²) in [6, 6.07) is 17.4. The Morgan fingerprint density at radius 2 is 1.81 bits per heavy atom. The molecule has 1 aliphatic rings. The molecule has 244 valence electrons. The second-order valence-corrected chi connectivity index (χ2v) is 12.6. The van der Waals surface area contributed by atoms with E-state index in [9.17, 15) is 22.4 Å². The summed E-state index contributed by atoms with van der Waals surface area (Å²) >= 11 is 1.36. The lowest BCUT2D eigenvalue weighted by Crippen LogP contribution is -2.36. The van der Waals surface area contributed by atoms with Crippen molar-refractivity contribution in [1.29, 1.82) is 0 Å². The largest absolute Gasteiger partial charge is 0.573 e. The van der Waals surface area contributed by atoms with Gasteiger partial charge in [0.2, 0.25) is 0 Å². The third-order valence-electron chi connectivity index (χ3n) is 8.18. The van der Waals surface area contributed by atoms with Crippen LogP contribution < -0.4 is 14.9 Å². The highest BCUT2D eigenvalue weighted by atomic mass is 32.1. The van der Waals surface area contributed by atoms with Gasteiger partial charge in [-0.2, -0.15) is 4.99 Å². The number of amides is 2. The zero-order valence-electron chi connectivity index (χ0n) is 25.8. The van der Waals surface area contributed by atoms with Crippen LogP contribution in [-0.4, -0.2) is 37.8 Å². The SMILES string of the molecule is Cc1csc(=NC(=O)NC2CCCC2c2ccc(-c3ncn(-c4ccc(OC(F)(F)F)cc4)n3)cc2)n1-c1ccc(F)cc1C(C)C. The first-order valence-electron chi connectivity index (χ1n) is 15.2. The number of nitrogens with one attached hydrogen (secondary N) is 1. The molecule has 0 radical (unpaired) electrons. The number of carbonyl (C=O) groups is 1. The molecule has 2 atom stereocenters. The van der Waals surface area contributed by atoms with Gasteiger partial charge in [-0.3, -0.25) is 4.57 Å². The van der Waals surface area contributed by atoms with Gasteiger partial charge < -0.3 is 10.1 Å². The average Bonchev–Trinajstić information content (AvgIpc) is 3.78. The number of urea groups is 1. The molecule has 47 heavy (non-hydrogen) atoms. The molecular weight excluding hydrogens is 632 g/mol. The molecule has 1 N–H and O–H groups in total. The summed E-state index contributed by atoms with van der Waals surface area (Å²) in [7, 11) is 0. The summed E-state index contributed by atoms with van der Waals surface area (Å²) in [5, 5.41) is 9.53. The van der Waals surface area contributed by atoms with Crippen molar-refractivity contribution in [3.05, 3.63) is 106 Å². The van der Waals surface area contributed by atoms with Crippen LogP contribution in [0.5, 0.6) is 5.75 Å². The van der Waals surface area contributed by atoms with Crippen molar-refractivity contribution in [2.24, 2.45) is 4.99 Å². The molecule has 8 nitrogen and oxygen atoms in total. The Hall–Kier alpha value is -4.78. The van der Waals surface area contributed by atoms with Crippen LogP contribution in [0.1, 0.15) is 61.8 Å². The zero-order valence-corrected chi connectivity index (χ0v) is 26.6. The monoisotopic (exact) mass is 664 g/mol. The number of nitrogens with zero attached hydrogens (tertiary/aromatic N) is 5. The highest BCUT2D eigenvalue weighted by Gasteiger charge is 2.31. The molecule has 3 aromatic carbocycles. The van der Waals surface area contributed by atoms with Crippen molar-refractivity contribution >= 4 is 17.4 Å². The van der Waals surface area contributed by atoms with Gasteiger partial charge in [0.1, 0.15) is 17.9 Å². The molecule has 2 amide bonds. The van der Waals surface area contributed by atoms with E-state index in [2.05, 4.69) is 25.1 Å². The number of benzene rings is 3. The second kappa shape index (κ2) is 13.1. The predicted octanol–water partition coefficient (Wildman–Crippen LogP) is 8.20. The van der Waals surface area contributed by atoms with Crippen LogP contribution >= 0.6 is 11.3 Å². The van der Waals surface area contributed by atoms with Crippen molar-refractivity contribution < 1.29 is 27.1 Å². The number of thiazole rings is 1. The number of aryl methyl sites for hydroxylation is 1. The van der Waals surface area contributed by atoms with Crippen molar-refractivity contribution in [1.82, 2.24) is 24.6 Å². The van der Waals surface area contributed by atoms with E-state index in [1.165, 1.54) is 58.7 Å². The van der Waals surface area contributed by atoms with Crippen molar-refractivity contribution in [2.45, 2.75) is 64.3 Å². The van der Waals surface area contributed by atoms with E-state index in [-0.39, 0.29) is 29.4 Å². The molecule has 6 rings (SSSR count). The van der Waals surface area contributed by atoms with Gasteiger partial charge in [0.15, 0.2) is 10.6 Å². The van der Waals surface area contributed by atoms with Gasteiger partial charge in [-0.05, 0) is 79.3 Å². The fraction of sp³-hybridized carbons (Fsp3) is 0.294. The molecular formula is C34H32F4N6O2S. The highest BCUT2D eigenvalue weighted by molar-refractivity contribution is 7.07. The normalized spacial score (nSPS) is 17.0. The van der Waals surface area contributed by atoms with Crippen LogP contribution in [0.4, 0.5) is 22.4 Å². The maximum atomic E-state index is 14.1. The molecule has 2 unspecified atom stereocenters. The van der Waals surface area contributed by atoms with Crippen LogP contribution in [0, 0.1) is 12.7 Å². The van der Waals surface area contributed by atoms with Crippen LogP contribution in [0.25, 0.3) is 22.8 Å². The van der Waals surface area contributed by atoms with E-state index in [0.29, 0.717) is 16.3 Å². The Morgan fingerprint density at radius 3 is 2.51 bits per heavy atom. The van der Waals surface area contributed by atoms with Gasteiger partial charge in [-0.1, -0.05) is 44.5 Å². The summed E-state index contributed by atoms with van der Waals surface area (Å²) in [5.74, 6) is 0.0219. The van der Waals surface area contributed by atoms with Gasteiger partial charge in [-0.25, -0.2) is 18.9 Å². The summed E-state index contributed by atoms with van der Waals surface area (Å²) in [6.07, 6.45) is -0.568. The Kier molecular flexibility index (Phi) is 9.00. The van der Waals surface area contributed by atoms with Crippen LogP contribution in [-0.2, 0) is 0 Å². The molecule has 2 heterocycles. The number of rotatable bonds is 7. The van der Waals surface area contributed by atoms with Gasteiger partial charge in [0, 0.05) is 28.6 Å². The maximum Gasteiger partial charge on any atom is 0.573 e. The topological polar surface area (TPSA) is 86.3 Å². The van der Waals surface area contributed by atoms with Crippen molar-refractivity contribution in [3.8, 4) is 28.5 Å². The Bertz CT molecular complexity index is 1940. The van der Waals surface area contributed by atoms with E-state index in [4.69, 9.17) is 0 Å². The van der Waals surface area contributed by atoms with E-state index >= 15 is 0 Å². The Balaban J connectivity index is 1.15. The van der Waals surface area contributed by atoms with Gasteiger partial charge in [0.05, 0.1) is 11.4 Å². The fourth-order valence-corrected chi connectivity index (χ4v) is 6.83. The molecule has 1 fully saturated rings. The lowest BCUT2D eigenvalue weighted by Gasteiger charge is -2.20. The molecule has 2 aromatic heterocycles. The first-order chi connectivity index (χ1) is 22.4. The lowest BCUT2D eigenvalue weighted by atomic mass is 9.93. The maximum absolute atomic E-state index is 14.1. The van der Waals surface area contributed by atoms with Gasteiger partial charge in [0.25, 0.3) is 0 Å². The second-order valence-electron chi connectivity index (χ2n) is 11.7. The number of ether oxygens (including phenoxy) is 1. The standard InChI is InChI=1S/C34H32F4N6O2S/c1-20(2)28-17-24(35)11-16-30(28)44-21(3)18-47-33(44)41-32(45)40-29-6-4-5-27(29)22-7-9-23(10-8-22)31-39-19-43(42-31)25-12-14-26(15-13-25)46-34(36,37)38/h7-20,27,29H,4-6H2,1-3H3,(H,40,45). The molecule has 0 spiro atoms. The summed E-state index contributed by atoms with van der Waals surface area (Å²) in [4.78, 5) is 22.5. The van der Waals surface area contributed by atoms with Gasteiger partial charge >= 0.3 is 12.4 Å². The zero-order chi connectivity index (χ0) is 33.3. The third-order valence-corrected chi connectivity index (χ3v) is 9.12. The van der Waals surface area contributed by atoms with Crippen LogP contribution in [0.3, 0.4) is 0 Å². The van der Waals surface area contributed by atoms with Crippen molar-refractivity contribution in [3.63, 3.8) is 0 Å². The van der Waals surface area contributed by atoms with E-state index in [1.54, 1.807) is 6.07 Å². The molecule has 1 saturated carbocycles. The first kappa shape index (κ1) is 32.2. The summed E-state index contributed by atoms with van der Waals surface area (Å²) < 4.78 is 58.8. The quantitative estimate of drug-likeness (QED) is 0.178. The Morgan fingerprint density at radius 1 is 1.06 bits per heavy atom. The predicted molar refractivity (Wildman–Crippen MR) is 170 cm³/mol. The molecule has 0 bridgehead atoms. The molecule has 13 heteroatoms. The number of hydrogen-bond donors (Lipinski definition) is 1. The fourth-order valence-electron chi connectivity index (χ4n) is 5.96. The van der Waals surface area contributed by atoms with Gasteiger partial charge in [-0.15, -0.1) is 29.6 Å². The van der Waals surface area contributed by atoms with Crippen LogP contribution in [0.15, 0.2) is 83.4 Å². The molecule has 0 saturated heterocycles. The van der Waals surface area contributed by atoms with E-state index in [0.717, 1.165) is 47.3 Å². The number of hydrogen-bond acceptors (Lipinski definition) is 5. The minimum absolute atomic E-state index is 0.0776. The van der Waals surface area contributed by atoms with E-state index in [1.807, 2.05) is 55.0 Å². The molecule has 5 aromatic rings. The lowest BCUT2D eigenvalue weighted by molar-refractivity contribution is -0.274. The third kappa shape index (κ3) is 7.30. The molecule has 1 aliphatic carbocycles. The number of aromatic nitrogens is 4. The number of alkyl halides is 3. The first-order valence-corrected chi connectivity index (χ1v) is 16.0. The minimum Gasteiger partial charge on any atom is -0.406 e. The molecule has 0 aliphatic heterocycles.